The molecule has 5 heteroatoms. The SMILES string of the molecule is O=C(O)c1ccc2oc(C3CC3)nc2n1. The van der Waals surface area contributed by atoms with E-state index in [1.807, 2.05) is 0 Å². The van der Waals surface area contributed by atoms with Crippen LogP contribution in [0.15, 0.2) is 16.5 Å². The molecular weight excluding hydrogens is 196 g/mol. The van der Waals surface area contributed by atoms with Crippen molar-refractivity contribution in [3.05, 3.63) is 23.7 Å². The van der Waals surface area contributed by atoms with Crippen molar-refractivity contribution >= 4 is 17.2 Å². The second kappa shape index (κ2) is 2.79. The minimum atomic E-state index is -1.05. The number of carboxylic acids is 1. The summed E-state index contributed by atoms with van der Waals surface area (Å²) < 4.78 is 5.46. The fourth-order valence-corrected chi connectivity index (χ4v) is 1.46. The van der Waals surface area contributed by atoms with Gasteiger partial charge in [0, 0.05) is 5.92 Å². The van der Waals surface area contributed by atoms with E-state index in [9.17, 15) is 4.79 Å². The Labute approximate surface area is 84.8 Å². The molecule has 76 valence electrons. The van der Waals surface area contributed by atoms with E-state index in [0.717, 1.165) is 12.8 Å². The Kier molecular flexibility index (Phi) is 1.56. The Morgan fingerprint density at radius 2 is 2.20 bits per heavy atom. The highest BCUT2D eigenvalue weighted by atomic mass is 16.4. The van der Waals surface area contributed by atoms with Gasteiger partial charge in [-0.3, -0.25) is 0 Å². The molecule has 2 aromatic rings. The lowest BCUT2D eigenvalue weighted by molar-refractivity contribution is 0.0691. The summed E-state index contributed by atoms with van der Waals surface area (Å²) in [5.74, 6) is 0.0420. The first-order valence-corrected chi connectivity index (χ1v) is 4.75. The smallest absolute Gasteiger partial charge is 0.354 e. The van der Waals surface area contributed by atoms with Crippen LogP contribution in [0.3, 0.4) is 0 Å². The number of aromatic nitrogens is 2. The van der Waals surface area contributed by atoms with E-state index in [1.54, 1.807) is 6.07 Å². The highest BCUT2D eigenvalue weighted by Crippen LogP contribution is 2.40. The predicted molar refractivity (Wildman–Crippen MR) is 50.7 cm³/mol. The fourth-order valence-electron chi connectivity index (χ4n) is 1.46. The van der Waals surface area contributed by atoms with Crippen LogP contribution in [-0.2, 0) is 0 Å². The van der Waals surface area contributed by atoms with Crippen molar-refractivity contribution in [2.45, 2.75) is 18.8 Å². The summed E-state index contributed by atoms with van der Waals surface area (Å²) in [5, 5.41) is 8.75. The summed E-state index contributed by atoms with van der Waals surface area (Å²) in [6.45, 7) is 0. The van der Waals surface area contributed by atoms with E-state index < -0.39 is 5.97 Å². The van der Waals surface area contributed by atoms with Crippen molar-refractivity contribution in [2.24, 2.45) is 0 Å². The van der Waals surface area contributed by atoms with Crippen molar-refractivity contribution in [2.75, 3.05) is 0 Å². The molecular formula is C10H8N2O3. The van der Waals surface area contributed by atoms with Crippen LogP contribution in [0.1, 0.15) is 35.1 Å². The van der Waals surface area contributed by atoms with Gasteiger partial charge < -0.3 is 9.52 Å². The van der Waals surface area contributed by atoms with Gasteiger partial charge in [0.1, 0.15) is 0 Å². The molecule has 15 heavy (non-hydrogen) atoms. The second-order valence-electron chi connectivity index (χ2n) is 3.65. The molecule has 2 aromatic heterocycles. The number of oxazole rings is 1. The molecule has 1 aliphatic rings. The average molecular weight is 204 g/mol. The second-order valence-corrected chi connectivity index (χ2v) is 3.65. The quantitative estimate of drug-likeness (QED) is 0.807. The Bertz CT molecular complexity index is 543. The van der Waals surface area contributed by atoms with Crippen molar-refractivity contribution in [1.29, 1.82) is 0 Å². The zero-order valence-electron chi connectivity index (χ0n) is 7.80. The zero-order chi connectivity index (χ0) is 10.4. The Hall–Kier alpha value is -1.91. The number of aromatic carboxylic acids is 1. The third-order valence-electron chi connectivity index (χ3n) is 2.42. The van der Waals surface area contributed by atoms with Crippen LogP contribution in [-0.4, -0.2) is 21.0 Å². The molecule has 0 aliphatic heterocycles. The van der Waals surface area contributed by atoms with Gasteiger partial charge in [-0.2, -0.15) is 4.98 Å². The van der Waals surface area contributed by atoms with Crippen molar-refractivity contribution in [3.63, 3.8) is 0 Å². The van der Waals surface area contributed by atoms with Gasteiger partial charge in [0.05, 0.1) is 0 Å². The molecule has 5 nitrogen and oxygen atoms in total. The maximum Gasteiger partial charge on any atom is 0.354 e. The minimum Gasteiger partial charge on any atom is -0.477 e. The zero-order valence-corrected chi connectivity index (χ0v) is 7.80. The van der Waals surface area contributed by atoms with E-state index in [2.05, 4.69) is 9.97 Å². The first-order valence-electron chi connectivity index (χ1n) is 4.75. The van der Waals surface area contributed by atoms with E-state index >= 15 is 0 Å². The third-order valence-corrected chi connectivity index (χ3v) is 2.42. The van der Waals surface area contributed by atoms with Crippen molar-refractivity contribution < 1.29 is 14.3 Å². The van der Waals surface area contributed by atoms with E-state index in [0.29, 0.717) is 23.0 Å². The molecule has 0 saturated heterocycles. The van der Waals surface area contributed by atoms with Crippen LogP contribution >= 0.6 is 0 Å². The number of carbonyl (C=O) groups is 1. The first kappa shape index (κ1) is 8.40. The highest BCUT2D eigenvalue weighted by molar-refractivity contribution is 5.87. The maximum atomic E-state index is 10.7. The summed E-state index contributed by atoms with van der Waals surface area (Å²) >= 11 is 0. The number of nitrogens with zero attached hydrogens (tertiary/aromatic N) is 2. The normalized spacial score (nSPS) is 15.7. The van der Waals surface area contributed by atoms with Gasteiger partial charge in [0.2, 0.25) is 0 Å². The lowest BCUT2D eigenvalue weighted by Gasteiger charge is -1.90. The van der Waals surface area contributed by atoms with Crippen LogP contribution in [0.5, 0.6) is 0 Å². The van der Waals surface area contributed by atoms with Gasteiger partial charge in [0.15, 0.2) is 22.8 Å². The molecule has 3 rings (SSSR count). The van der Waals surface area contributed by atoms with Crippen LogP contribution in [0, 0.1) is 0 Å². The number of pyridine rings is 1. The van der Waals surface area contributed by atoms with Crippen LogP contribution < -0.4 is 0 Å². The van der Waals surface area contributed by atoms with Crippen LogP contribution in [0.4, 0.5) is 0 Å². The molecule has 0 unspecified atom stereocenters. The Balaban J connectivity index is 2.13. The monoisotopic (exact) mass is 204 g/mol. The molecule has 0 aromatic carbocycles. The molecule has 1 saturated carbocycles. The van der Waals surface area contributed by atoms with Crippen molar-refractivity contribution in [3.8, 4) is 0 Å². The molecule has 0 spiro atoms. The molecule has 0 radical (unpaired) electrons. The van der Waals surface area contributed by atoms with Crippen molar-refractivity contribution in [1.82, 2.24) is 9.97 Å². The van der Waals surface area contributed by atoms with E-state index in [1.165, 1.54) is 6.07 Å². The number of carboxylic acid groups (broad SMARTS) is 1. The lowest BCUT2D eigenvalue weighted by atomic mass is 10.3. The predicted octanol–water partition coefficient (Wildman–Crippen LogP) is 1.80. The van der Waals surface area contributed by atoms with Gasteiger partial charge in [0.25, 0.3) is 0 Å². The summed E-state index contributed by atoms with van der Waals surface area (Å²) in [4.78, 5) is 18.8. The average Bonchev–Trinajstić information content (AvgIpc) is 2.97. The minimum absolute atomic E-state index is 0.00172. The van der Waals surface area contributed by atoms with Gasteiger partial charge >= 0.3 is 5.97 Å². The molecule has 1 aliphatic carbocycles. The van der Waals surface area contributed by atoms with Gasteiger partial charge in [-0.1, -0.05) is 0 Å². The summed E-state index contributed by atoms with van der Waals surface area (Å²) in [6, 6.07) is 3.02. The summed E-state index contributed by atoms with van der Waals surface area (Å²) in [5.41, 5.74) is 0.942. The molecule has 2 heterocycles. The molecule has 0 bridgehead atoms. The summed E-state index contributed by atoms with van der Waals surface area (Å²) in [7, 11) is 0. The number of hydrogen-bond donors (Lipinski definition) is 1. The Morgan fingerprint density at radius 1 is 1.40 bits per heavy atom. The largest absolute Gasteiger partial charge is 0.477 e. The third kappa shape index (κ3) is 1.36. The number of fused-ring (bicyclic) bond motifs is 1. The number of rotatable bonds is 2. The van der Waals surface area contributed by atoms with Gasteiger partial charge in [-0.05, 0) is 25.0 Å². The van der Waals surface area contributed by atoms with Crippen LogP contribution in [0.25, 0.3) is 11.2 Å². The molecule has 0 amide bonds. The van der Waals surface area contributed by atoms with Gasteiger partial charge in [-0.15, -0.1) is 0 Å². The molecule has 1 fully saturated rings. The maximum absolute atomic E-state index is 10.7. The lowest BCUT2D eigenvalue weighted by Crippen LogP contribution is -1.99. The first-order chi connectivity index (χ1) is 7.24. The molecule has 0 atom stereocenters. The van der Waals surface area contributed by atoms with Crippen LogP contribution in [0.2, 0.25) is 0 Å². The number of hydrogen-bond acceptors (Lipinski definition) is 4. The fraction of sp³-hybridized carbons (Fsp3) is 0.300. The topological polar surface area (TPSA) is 76.2 Å². The highest BCUT2D eigenvalue weighted by Gasteiger charge is 2.29. The summed E-state index contributed by atoms with van der Waals surface area (Å²) in [6.07, 6.45) is 2.19. The standard InChI is InChI=1S/C10H8N2O3/c13-10(14)6-3-4-7-8(11-6)12-9(15-7)5-1-2-5/h3-5H,1-2H2,(H,13,14). The van der Waals surface area contributed by atoms with E-state index in [4.69, 9.17) is 9.52 Å². The van der Waals surface area contributed by atoms with Gasteiger partial charge in [-0.25, -0.2) is 9.78 Å². The van der Waals surface area contributed by atoms with E-state index in [-0.39, 0.29) is 5.69 Å². The Morgan fingerprint density at radius 3 is 2.87 bits per heavy atom. The molecule has 1 N–H and O–H groups in total.